The van der Waals surface area contributed by atoms with Crippen LogP contribution in [-0.2, 0) is 11.3 Å². The van der Waals surface area contributed by atoms with Gasteiger partial charge in [-0.1, -0.05) is 46.8 Å². The number of carboxylic acid groups (broad SMARTS) is 1. The lowest BCUT2D eigenvalue weighted by atomic mass is 10.1. The van der Waals surface area contributed by atoms with Gasteiger partial charge < -0.3 is 5.11 Å². The molecular weight excluding hydrogens is 314 g/mol. The number of nitrogens with zero attached hydrogens (tertiary/aromatic N) is 5. The van der Waals surface area contributed by atoms with E-state index in [0.717, 1.165) is 17.3 Å². The van der Waals surface area contributed by atoms with Gasteiger partial charge in [0.2, 0.25) is 0 Å². The van der Waals surface area contributed by atoms with Gasteiger partial charge in [-0.3, -0.25) is 4.79 Å². The van der Waals surface area contributed by atoms with Crippen LogP contribution in [0.4, 0.5) is 0 Å². The van der Waals surface area contributed by atoms with Crippen molar-refractivity contribution < 1.29 is 9.90 Å². The molecule has 1 aromatic carbocycles. The summed E-state index contributed by atoms with van der Waals surface area (Å²) < 4.78 is 1.69. The van der Waals surface area contributed by atoms with Gasteiger partial charge in [-0.2, -0.15) is 0 Å². The highest BCUT2D eigenvalue weighted by molar-refractivity contribution is 8.00. The van der Waals surface area contributed by atoms with Crippen molar-refractivity contribution in [3.8, 4) is 0 Å². The summed E-state index contributed by atoms with van der Waals surface area (Å²) in [7, 11) is 0. The number of thioether (sulfide) groups is 1. The van der Waals surface area contributed by atoms with Crippen molar-refractivity contribution in [2.24, 2.45) is 0 Å². The summed E-state index contributed by atoms with van der Waals surface area (Å²) in [6.45, 7) is 4.19. The third kappa shape index (κ3) is 3.31. The van der Waals surface area contributed by atoms with Gasteiger partial charge in [-0.05, 0) is 19.4 Å². The number of fused-ring (bicyclic) bond motifs is 1. The first-order valence-corrected chi connectivity index (χ1v) is 7.92. The summed E-state index contributed by atoms with van der Waals surface area (Å²) >= 11 is 1.14. The standard InChI is InChI=1S/C15H15N5O2S/c1-9-3-5-11(6-4-9)7-20-13-12(18-19-20)14(17-8-16-13)23-10(2)15(21)22/h3-6,8,10H,7H2,1-2H3,(H,21,22)/t10-/m1/s1. The molecule has 0 radical (unpaired) electrons. The molecule has 1 atom stereocenters. The summed E-state index contributed by atoms with van der Waals surface area (Å²) in [6.07, 6.45) is 1.41. The van der Waals surface area contributed by atoms with E-state index in [1.807, 2.05) is 31.2 Å². The van der Waals surface area contributed by atoms with Gasteiger partial charge in [0.05, 0.1) is 6.54 Å². The number of aliphatic carboxylic acids is 1. The van der Waals surface area contributed by atoms with Gasteiger partial charge in [0.1, 0.15) is 16.6 Å². The van der Waals surface area contributed by atoms with Crippen molar-refractivity contribution in [3.05, 3.63) is 41.7 Å². The lowest BCUT2D eigenvalue weighted by molar-refractivity contribution is -0.136. The second-order valence-electron chi connectivity index (χ2n) is 5.18. The maximum absolute atomic E-state index is 11.0. The maximum atomic E-state index is 11.0. The van der Waals surface area contributed by atoms with Gasteiger partial charge in [0.15, 0.2) is 11.2 Å². The van der Waals surface area contributed by atoms with Gasteiger partial charge in [0.25, 0.3) is 0 Å². The molecule has 1 N–H and O–H groups in total. The van der Waals surface area contributed by atoms with E-state index in [4.69, 9.17) is 5.11 Å². The van der Waals surface area contributed by atoms with Crippen LogP contribution in [0, 0.1) is 6.92 Å². The van der Waals surface area contributed by atoms with Crippen LogP contribution in [0.3, 0.4) is 0 Å². The second-order valence-corrected chi connectivity index (χ2v) is 6.51. The summed E-state index contributed by atoms with van der Waals surface area (Å²) in [5.74, 6) is -0.895. The molecule has 3 rings (SSSR count). The molecule has 3 aromatic rings. The van der Waals surface area contributed by atoms with E-state index in [0.29, 0.717) is 22.7 Å². The Labute approximate surface area is 136 Å². The van der Waals surface area contributed by atoms with Crippen molar-refractivity contribution in [1.82, 2.24) is 25.0 Å². The largest absolute Gasteiger partial charge is 0.480 e. The molecule has 0 bridgehead atoms. The minimum absolute atomic E-state index is 0.526. The fourth-order valence-corrected chi connectivity index (χ4v) is 2.84. The zero-order chi connectivity index (χ0) is 16.4. The molecule has 0 fully saturated rings. The Bertz CT molecular complexity index is 847. The molecule has 0 unspecified atom stereocenters. The number of rotatable bonds is 5. The third-order valence-corrected chi connectivity index (χ3v) is 4.43. The van der Waals surface area contributed by atoms with Crippen LogP contribution in [0.1, 0.15) is 18.1 Å². The normalized spacial score (nSPS) is 12.4. The highest BCUT2D eigenvalue weighted by atomic mass is 32.2. The van der Waals surface area contributed by atoms with Crippen LogP contribution >= 0.6 is 11.8 Å². The number of carbonyl (C=O) groups is 1. The van der Waals surface area contributed by atoms with E-state index in [1.165, 1.54) is 11.9 Å². The molecule has 0 aliphatic carbocycles. The topological polar surface area (TPSA) is 93.8 Å². The second kappa shape index (κ2) is 6.33. The van der Waals surface area contributed by atoms with Crippen LogP contribution < -0.4 is 0 Å². The zero-order valence-corrected chi connectivity index (χ0v) is 13.5. The minimum Gasteiger partial charge on any atom is -0.480 e. The predicted octanol–water partition coefficient (Wildman–Crippen LogP) is 2.14. The lowest BCUT2D eigenvalue weighted by Gasteiger charge is -2.05. The summed E-state index contributed by atoms with van der Waals surface area (Å²) in [4.78, 5) is 19.4. The molecule has 0 aliphatic heterocycles. The van der Waals surface area contributed by atoms with Crippen molar-refractivity contribution in [2.75, 3.05) is 0 Å². The number of hydrogen-bond donors (Lipinski definition) is 1. The first-order valence-electron chi connectivity index (χ1n) is 7.04. The fourth-order valence-electron chi connectivity index (χ4n) is 2.05. The van der Waals surface area contributed by atoms with Crippen molar-refractivity contribution in [2.45, 2.75) is 30.7 Å². The van der Waals surface area contributed by atoms with E-state index < -0.39 is 11.2 Å². The number of hydrogen-bond acceptors (Lipinski definition) is 6. The molecule has 0 saturated carbocycles. The summed E-state index contributed by atoms with van der Waals surface area (Å²) in [5.41, 5.74) is 3.41. The van der Waals surface area contributed by atoms with E-state index in [9.17, 15) is 4.79 Å². The van der Waals surface area contributed by atoms with E-state index in [2.05, 4.69) is 20.3 Å². The van der Waals surface area contributed by atoms with Crippen LogP contribution in [0.15, 0.2) is 35.6 Å². The van der Waals surface area contributed by atoms with E-state index in [-0.39, 0.29) is 0 Å². The molecule has 0 amide bonds. The van der Waals surface area contributed by atoms with Crippen molar-refractivity contribution >= 4 is 28.9 Å². The number of carboxylic acids is 1. The molecule has 0 aliphatic rings. The quantitative estimate of drug-likeness (QED) is 0.566. The molecule has 0 spiro atoms. The Morgan fingerprint density at radius 1 is 1.30 bits per heavy atom. The molecule has 0 saturated heterocycles. The highest BCUT2D eigenvalue weighted by Gasteiger charge is 2.18. The smallest absolute Gasteiger partial charge is 0.316 e. The SMILES string of the molecule is Cc1ccc(Cn2nnc3c(S[C@H](C)C(=O)O)ncnc32)cc1. The average molecular weight is 329 g/mol. The fraction of sp³-hybridized carbons (Fsp3) is 0.267. The molecule has 23 heavy (non-hydrogen) atoms. The van der Waals surface area contributed by atoms with Crippen LogP contribution in [0.25, 0.3) is 11.2 Å². The monoisotopic (exact) mass is 329 g/mol. The highest BCUT2D eigenvalue weighted by Crippen LogP contribution is 2.26. The van der Waals surface area contributed by atoms with Gasteiger partial charge in [0, 0.05) is 0 Å². The minimum atomic E-state index is -0.895. The van der Waals surface area contributed by atoms with Crippen LogP contribution in [0.2, 0.25) is 0 Å². The first-order chi connectivity index (χ1) is 11.0. The molecule has 118 valence electrons. The zero-order valence-electron chi connectivity index (χ0n) is 12.7. The molecule has 2 aromatic heterocycles. The Kier molecular flexibility index (Phi) is 4.24. The molecular formula is C15H15N5O2S. The van der Waals surface area contributed by atoms with E-state index in [1.54, 1.807) is 11.6 Å². The molecule has 7 nitrogen and oxygen atoms in total. The maximum Gasteiger partial charge on any atom is 0.316 e. The molecule has 8 heteroatoms. The average Bonchev–Trinajstić information content (AvgIpc) is 2.94. The Balaban J connectivity index is 1.91. The third-order valence-electron chi connectivity index (χ3n) is 3.36. The van der Waals surface area contributed by atoms with Crippen LogP contribution in [-0.4, -0.2) is 41.3 Å². The Morgan fingerprint density at radius 2 is 2.04 bits per heavy atom. The van der Waals surface area contributed by atoms with Crippen molar-refractivity contribution in [3.63, 3.8) is 0 Å². The van der Waals surface area contributed by atoms with Crippen molar-refractivity contribution in [1.29, 1.82) is 0 Å². The summed E-state index contributed by atoms with van der Waals surface area (Å²) in [5, 5.41) is 17.2. The Hall–Kier alpha value is -2.48. The number of benzene rings is 1. The molecule has 2 heterocycles. The first kappa shape index (κ1) is 15.4. The van der Waals surface area contributed by atoms with Gasteiger partial charge >= 0.3 is 5.97 Å². The lowest BCUT2D eigenvalue weighted by Crippen LogP contribution is -2.11. The van der Waals surface area contributed by atoms with Gasteiger partial charge in [-0.15, -0.1) is 5.10 Å². The van der Waals surface area contributed by atoms with Crippen LogP contribution in [0.5, 0.6) is 0 Å². The van der Waals surface area contributed by atoms with Gasteiger partial charge in [-0.25, -0.2) is 14.6 Å². The predicted molar refractivity (Wildman–Crippen MR) is 86.4 cm³/mol. The summed E-state index contributed by atoms with van der Waals surface area (Å²) in [6, 6.07) is 8.15. The Morgan fingerprint density at radius 3 is 2.74 bits per heavy atom. The van der Waals surface area contributed by atoms with E-state index >= 15 is 0 Å². The number of aromatic nitrogens is 5. The number of aryl methyl sites for hydroxylation is 1.